The van der Waals surface area contributed by atoms with E-state index in [2.05, 4.69) is 20.2 Å². The van der Waals surface area contributed by atoms with Crippen LogP contribution in [0.15, 0.2) is 18.6 Å². The molecule has 0 radical (unpaired) electrons. The third-order valence-corrected chi connectivity index (χ3v) is 3.87. The van der Waals surface area contributed by atoms with Crippen molar-refractivity contribution in [1.82, 2.24) is 25.1 Å². The highest BCUT2D eigenvalue weighted by molar-refractivity contribution is 5.92. The van der Waals surface area contributed by atoms with Gasteiger partial charge >= 0.3 is 0 Å². The second-order valence-electron chi connectivity index (χ2n) is 5.54. The summed E-state index contributed by atoms with van der Waals surface area (Å²) in [5.41, 5.74) is 2.46. The Morgan fingerprint density at radius 3 is 2.83 bits per heavy atom. The molecule has 8 heteroatoms. The van der Waals surface area contributed by atoms with Crippen LogP contribution in [0, 0.1) is 6.92 Å². The Labute approximate surface area is 134 Å². The molecule has 1 aliphatic rings. The van der Waals surface area contributed by atoms with Crippen molar-refractivity contribution in [2.45, 2.75) is 13.5 Å². The number of nitrogens with one attached hydrogen (secondary N) is 1. The van der Waals surface area contributed by atoms with Crippen LogP contribution in [0.2, 0.25) is 0 Å². The minimum absolute atomic E-state index is 0.101. The van der Waals surface area contributed by atoms with Gasteiger partial charge in [0.25, 0.3) is 5.91 Å². The first-order valence-electron chi connectivity index (χ1n) is 7.54. The number of aromatic amines is 1. The van der Waals surface area contributed by atoms with Crippen LogP contribution >= 0.6 is 0 Å². The third kappa shape index (κ3) is 3.48. The van der Waals surface area contributed by atoms with E-state index >= 15 is 0 Å². The number of nitrogens with zero attached hydrogens (tertiary/aromatic N) is 5. The van der Waals surface area contributed by atoms with Gasteiger partial charge in [-0.25, -0.2) is 4.98 Å². The van der Waals surface area contributed by atoms with Crippen LogP contribution in [0.4, 0.5) is 5.82 Å². The summed E-state index contributed by atoms with van der Waals surface area (Å²) in [6.07, 6.45) is 4.96. The molecule has 1 fully saturated rings. The van der Waals surface area contributed by atoms with Crippen molar-refractivity contribution in [3.05, 3.63) is 35.5 Å². The largest absolute Gasteiger partial charge is 0.378 e. The highest BCUT2D eigenvalue weighted by Gasteiger charge is 2.20. The van der Waals surface area contributed by atoms with Crippen LogP contribution in [0.25, 0.3) is 0 Å². The van der Waals surface area contributed by atoms with Gasteiger partial charge in [0.05, 0.1) is 31.8 Å². The van der Waals surface area contributed by atoms with Gasteiger partial charge in [0.2, 0.25) is 0 Å². The molecule has 1 saturated heterocycles. The lowest BCUT2D eigenvalue weighted by Gasteiger charge is -2.26. The van der Waals surface area contributed by atoms with Gasteiger partial charge in [-0.1, -0.05) is 0 Å². The third-order valence-electron chi connectivity index (χ3n) is 3.87. The zero-order chi connectivity index (χ0) is 16.2. The Bertz CT molecular complexity index is 680. The molecule has 0 bridgehead atoms. The van der Waals surface area contributed by atoms with Crippen molar-refractivity contribution >= 4 is 11.7 Å². The Kier molecular flexibility index (Phi) is 4.52. The number of carbonyl (C=O) groups is 1. The van der Waals surface area contributed by atoms with Crippen LogP contribution in [-0.4, -0.2) is 64.3 Å². The smallest absolute Gasteiger partial charge is 0.274 e. The van der Waals surface area contributed by atoms with E-state index in [4.69, 9.17) is 4.74 Å². The number of rotatable bonds is 4. The number of aromatic nitrogens is 4. The van der Waals surface area contributed by atoms with E-state index in [-0.39, 0.29) is 5.91 Å². The number of anilines is 1. The molecule has 0 aliphatic carbocycles. The predicted octanol–water partition coefficient (Wildman–Crippen LogP) is 0.617. The first-order chi connectivity index (χ1) is 11.1. The topological polar surface area (TPSA) is 87.2 Å². The number of morpholine rings is 1. The van der Waals surface area contributed by atoms with Gasteiger partial charge in [-0.15, -0.1) is 0 Å². The predicted molar refractivity (Wildman–Crippen MR) is 84.2 cm³/mol. The van der Waals surface area contributed by atoms with Gasteiger partial charge in [0, 0.05) is 37.9 Å². The van der Waals surface area contributed by atoms with Gasteiger partial charge in [-0.05, 0) is 6.92 Å². The minimum atomic E-state index is -0.101. The molecule has 0 spiro atoms. The zero-order valence-electron chi connectivity index (χ0n) is 13.3. The first kappa shape index (κ1) is 15.4. The lowest BCUT2D eigenvalue weighted by atomic mass is 10.2. The fourth-order valence-electron chi connectivity index (χ4n) is 2.44. The van der Waals surface area contributed by atoms with Gasteiger partial charge in [0.1, 0.15) is 11.5 Å². The van der Waals surface area contributed by atoms with E-state index < -0.39 is 0 Å². The summed E-state index contributed by atoms with van der Waals surface area (Å²) in [4.78, 5) is 24.8. The molecule has 3 rings (SSSR count). The molecule has 0 unspecified atom stereocenters. The Balaban J connectivity index is 1.73. The second-order valence-corrected chi connectivity index (χ2v) is 5.54. The van der Waals surface area contributed by atoms with E-state index in [1.807, 2.05) is 18.9 Å². The lowest BCUT2D eigenvalue weighted by molar-refractivity contribution is 0.0299. The Morgan fingerprint density at radius 2 is 2.13 bits per heavy atom. The van der Waals surface area contributed by atoms with Crippen molar-refractivity contribution < 1.29 is 9.53 Å². The highest BCUT2D eigenvalue weighted by Crippen LogP contribution is 2.14. The van der Waals surface area contributed by atoms with E-state index in [1.54, 1.807) is 17.3 Å². The number of hydrogen-bond acceptors (Lipinski definition) is 6. The summed E-state index contributed by atoms with van der Waals surface area (Å²) in [6.45, 7) is 4.94. The molecule has 1 amide bonds. The zero-order valence-corrected chi connectivity index (χ0v) is 13.3. The van der Waals surface area contributed by atoms with Crippen molar-refractivity contribution in [2.75, 3.05) is 38.3 Å². The summed E-state index contributed by atoms with van der Waals surface area (Å²) >= 11 is 0. The van der Waals surface area contributed by atoms with Crippen LogP contribution in [0.1, 0.15) is 21.7 Å². The van der Waals surface area contributed by atoms with Gasteiger partial charge in [-0.3, -0.25) is 14.9 Å². The van der Waals surface area contributed by atoms with Crippen molar-refractivity contribution in [2.24, 2.45) is 0 Å². The second kappa shape index (κ2) is 6.74. The van der Waals surface area contributed by atoms with Crippen LogP contribution in [0.5, 0.6) is 0 Å². The average Bonchev–Trinajstić information content (AvgIpc) is 3.00. The number of aryl methyl sites for hydroxylation is 1. The molecule has 23 heavy (non-hydrogen) atoms. The van der Waals surface area contributed by atoms with E-state index in [9.17, 15) is 4.79 Å². The molecular weight excluding hydrogens is 296 g/mol. The van der Waals surface area contributed by atoms with E-state index in [0.29, 0.717) is 44.4 Å². The summed E-state index contributed by atoms with van der Waals surface area (Å²) in [7, 11) is 1.92. The Hall–Kier alpha value is -2.48. The maximum atomic E-state index is 12.5. The highest BCUT2D eigenvalue weighted by atomic mass is 16.5. The molecule has 0 saturated carbocycles. The maximum absolute atomic E-state index is 12.5. The van der Waals surface area contributed by atoms with E-state index in [0.717, 1.165) is 11.3 Å². The SMILES string of the molecule is Cc1[nH]ncc1CN(C)c1cncc(C(=O)N2CCOCC2)n1. The average molecular weight is 316 g/mol. The Morgan fingerprint density at radius 1 is 1.35 bits per heavy atom. The lowest BCUT2D eigenvalue weighted by Crippen LogP contribution is -2.41. The van der Waals surface area contributed by atoms with Crippen LogP contribution in [-0.2, 0) is 11.3 Å². The van der Waals surface area contributed by atoms with Gasteiger partial charge < -0.3 is 14.5 Å². The quantitative estimate of drug-likeness (QED) is 0.889. The number of H-pyrrole nitrogens is 1. The molecule has 1 aliphatic heterocycles. The van der Waals surface area contributed by atoms with Crippen LogP contribution < -0.4 is 4.90 Å². The first-order valence-corrected chi connectivity index (χ1v) is 7.54. The number of ether oxygens (including phenoxy) is 1. The fraction of sp³-hybridized carbons (Fsp3) is 0.467. The summed E-state index contributed by atoms with van der Waals surface area (Å²) in [6, 6.07) is 0. The summed E-state index contributed by atoms with van der Waals surface area (Å²) in [5.74, 6) is 0.556. The number of amides is 1. The molecule has 0 aromatic carbocycles. The molecule has 3 heterocycles. The maximum Gasteiger partial charge on any atom is 0.274 e. The normalized spacial score (nSPS) is 14.8. The van der Waals surface area contributed by atoms with Gasteiger partial charge in [0.15, 0.2) is 0 Å². The van der Waals surface area contributed by atoms with E-state index in [1.165, 1.54) is 6.20 Å². The van der Waals surface area contributed by atoms with Crippen molar-refractivity contribution in [3.63, 3.8) is 0 Å². The summed E-state index contributed by atoms with van der Waals surface area (Å²) < 4.78 is 5.27. The molecule has 2 aromatic heterocycles. The van der Waals surface area contributed by atoms with Gasteiger partial charge in [-0.2, -0.15) is 5.10 Å². The molecular formula is C15H20N6O2. The fourth-order valence-corrected chi connectivity index (χ4v) is 2.44. The molecule has 1 N–H and O–H groups in total. The summed E-state index contributed by atoms with van der Waals surface area (Å²) in [5, 5.41) is 6.93. The molecule has 0 atom stereocenters. The molecule has 8 nitrogen and oxygen atoms in total. The molecule has 122 valence electrons. The van der Waals surface area contributed by atoms with Crippen molar-refractivity contribution in [1.29, 1.82) is 0 Å². The minimum Gasteiger partial charge on any atom is -0.378 e. The van der Waals surface area contributed by atoms with Crippen molar-refractivity contribution in [3.8, 4) is 0 Å². The number of hydrogen-bond donors (Lipinski definition) is 1. The number of carbonyl (C=O) groups excluding carboxylic acids is 1. The monoisotopic (exact) mass is 316 g/mol. The van der Waals surface area contributed by atoms with Crippen LogP contribution in [0.3, 0.4) is 0 Å². The standard InChI is InChI=1S/C15H20N6O2/c1-11-12(7-17-19-11)10-20(2)14-9-16-8-13(18-14)15(22)21-3-5-23-6-4-21/h7-9H,3-6,10H2,1-2H3,(H,17,19). The molecule has 2 aromatic rings.